The van der Waals surface area contributed by atoms with Crippen LogP contribution in [0.2, 0.25) is 0 Å². The molecule has 0 aromatic carbocycles. The first kappa shape index (κ1) is 9.94. The predicted molar refractivity (Wildman–Crippen MR) is 39.6 cm³/mol. The summed E-state index contributed by atoms with van der Waals surface area (Å²) in [5, 5.41) is 0. The lowest BCUT2D eigenvalue weighted by Crippen LogP contribution is -1.82. The molecule has 6 heteroatoms. The summed E-state index contributed by atoms with van der Waals surface area (Å²) in [4.78, 5) is 16.6. The lowest BCUT2D eigenvalue weighted by molar-refractivity contribution is 0.379. The molecule has 0 aliphatic heterocycles. The van der Waals surface area contributed by atoms with Gasteiger partial charge in [0.05, 0.1) is 14.0 Å². The third kappa shape index (κ3) is 6.07. The smallest absolute Gasteiger partial charge is 0.325 e. The molecule has 0 aliphatic rings. The molecule has 0 bridgehead atoms. The highest BCUT2D eigenvalue weighted by atomic mass is 31.2. The van der Waals surface area contributed by atoms with Crippen LogP contribution >= 0.6 is 15.4 Å². The lowest BCUT2D eigenvalue weighted by Gasteiger charge is -1.99. The fourth-order valence-electron chi connectivity index (χ4n) is 0.399. The van der Waals surface area contributed by atoms with E-state index in [2.05, 4.69) is 5.92 Å². The summed E-state index contributed by atoms with van der Waals surface area (Å²) in [5.41, 5.74) is 0. The molecular weight excluding hydrogens is 174 g/mol. The van der Waals surface area contributed by atoms with Gasteiger partial charge in [-0.25, -0.2) is 0 Å². The van der Waals surface area contributed by atoms with Crippen LogP contribution in [0.15, 0.2) is 0 Å². The normalized spacial score (nSPS) is 14.1. The van der Waals surface area contributed by atoms with E-state index in [4.69, 9.17) is 16.2 Å². The van der Waals surface area contributed by atoms with Crippen LogP contribution in [0.4, 0.5) is 0 Å². The molecular formula is C4H8O4P2. The molecule has 58 valence electrons. The maximum Gasteiger partial charge on any atom is 0.332 e. The van der Waals surface area contributed by atoms with Crippen LogP contribution in [0.25, 0.3) is 0 Å². The van der Waals surface area contributed by atoms with Crippen molar-refractivity contribution in [1.82, 2.24) is 0 Å². The average Bonchev–Trinajstić information content (AvgIpc) is 1.59. The quantitative estimate of drug-likeness (QED) is 0.486. The Balaban J connectivity index is 3.84. The summed E-state index contributed by atoms with van der Waals surface area (Å²) >= 11 is 0. The minimum absolute atomic E-state index is 0.0320. The fraction of sp³-hybridized carbons (Fsp3) is 0.500. The second-order valence-corrected chi connectivity index (χ2v) is 5.77. The third-order valence-corrected chi connectivity index (χ3v) is 4.34. The molecule has 0 amide bonds. The van der Waals surface area contributed by atoms with Crippen LogP contribution in [-0.2, 0) is 9.13 Å². The van der Waals surface area contributed by atoms with E-state index in [1.165, 1.54) is 0 Å². The van der Waals surface area contributed by atoms with Gasteiger partial charge in [0.2, 0.25) is 0 Å². The first-order chi connectivity index (χ1) is 4.45. The Hall–Kier alpha value is -0.0600. The Labute approximate surface area is 59.6 Å². The van der Waals surface area contributed by atoms with Gasteiger partial charge in [-0.1, -0.05) is 5.92 Å². The molecule has 1 unspecified atom stereocenters. The Morgan fingerprint density at radius 1 is 1.60 bits per heavy atom. The van der Waals surface area contributed by atoms with E-state index in [1.807, 2.05) is 0 Å². The molecule has 0 aliphatic carbocycles. The maximum absolute atomic E-state index is 10.6. The SMILES string of the molecule is C#CC[PH](=O)CP(=O)(O)O. The summed E-state index contributed by atoms with van der Waals surface area (Å²) in [7, 11) is -6.36. The van der Waals surface area contributed by atoms with Crippen molar-refractivity contribution >= 4 is 15.4 Å². The second-order valence-electron chi connectivity index (χ2n) is 1.74. The highest BCUT2D eigenvalue weighted by molar-refractivity contribution is 7.66. The summed E-state index contributed by atoms with van der Waals surface area (Å²) in [6.07, 6.45) is 4.74. The molecule has 10 heavy (non-hydrogen) atoms. The van der Waals surface area contributed by atoms with Gasteiger partial charge in [-0.15, -0.1) is 6.42 Å². The van der Waals surface area contributed by atoms with E-state index in [9.17, 15) is 9.13 Å². The Morgan fingerprint density at radius 3 is 2.40 bits per heavy atom. The fourth-order valence-corrected chi connectivity index (χ4v) is 2.91. The van der Waals surface area contributed by atoms with E-state index in [0.717, 1.165) is 0 Å². The van der Waals surface area contributed by atoms with E-state index in [1.54, 1.807) is 0 Å². The van der Waals surface area contributed by atoms with Gasteiger partial charge in [0.1, 0.15) is 5.90 Å². The molecule has 0 aromatic heterocycles. The van der Waals surface area contributed by atoms with Crippen LogP contribution in [0, 0.1) is 12.3 Å². The molecule has 0 spiro atoms. The van der Waals surface area contributed by atoms with E-state index >= 15 is 0 Å². The Morgan fingerprint density at radius 2 is 2.10 bits per heavy atom. The standard InChI is InChI=1S/C4H8O4P2/c1-2-3-9(5)4-10(6,7)8/h1,9H,3-4H2,(H2,6,7,8). The molecule has 0 saturated heterocycles. The zero-order chi connectivity index (χ0) is 8.20. The molecule has 0 saturated carbocycles. The highest BCUT2D eigenvalue weighted by Gasteiger charge is 2.16. The minimum Gasteiger partial charge on any atom is -0.325 e. The molecule has 0 fully saturated rings. The van der Waals surface area contributed by atoms with Crippen molar-refractivity contribution in [1.29, 1.82) is 0 Å². The number of hydrogen-bond acceptors (Lipinski definition) is 2. The van der Waals surface area contributed by atoms with Crippen LogP contribution < -0.4 is 0 Å². The molecule has 0 aromatic rings. The summed E-state index contributed by atoms with van der Waals surface area (Å²) < 4.78 is 20.8. The molecule has 0 radical (unpaired) electrons. The van der Waals surface area contributed by atoms with Crippen LogP contribution in [0.3, 0.4) is 0 Å². The van der Waals surface area contributed by atoms with Gasteiger partial charge in [-0.3, -0.25) is 4.57 Å². The largest absolute Gasteiger partial charge is 0.332 e. The van der Waals surface area contributed by atoms with Crippen LogP contribution in [0.1, 0.15) is 0 Å². The van der Waals surface area contributed by atoms with Gasteiger partial charge < -0.3 is 14.4 Å². The van der Waals surface area contributed by atoms with Crippen molar-refractivity contribution in [3.63, 3.8) is 0 Å². The summed E-state index contributed by atoms with van der Waals surface area (Å²) in [5.74, 6) is 1.51. The number of hydrogen-bond donors (Lipinski definition) is 2. The van der Waals surface area contributed by atoms with Crippen molar-refractivity contribution in [3.05, 3.63) is 0 Å². The van der Waals surface area contributed by atoms with Gasteiger partial charge >= 0.3 is 7.60 Å². The van der Waals surface area contributed by atoms with E-state index in [-0.39, 0.29) is 6.16 Å². The number of rotatable bonds is 3. The monoisotopic (exact) mass is 182 g/mol. The van der Waals surface area contributed by atoms with E-state index < -0.39 is 21.3 Å². The highest BCUT2D eigenvalue weighted by Crippen LogP contribution is 2.44. The molecule has 0 heterocycles. The van der Waals surface area contributed by atoms with Crippen molar-refractivity contribution < 1.29 is 18.9 Å². The first-order valence-corrected chi connectivity index (χ1v) is 6.07. The number of terminal acetylenes is 1. The Kier molecular flexibility index (Phi) is 3.93. The zero-order valence-electron chi connectivity index (χ0n) is 5.15. The first-order valence-electron chi connectivity index (χ1n) is 2.45. The van der Waals surface area contributed by atoms with Gasteiger partial charge in [-0.05, 0) is 0 Å². The average molecular weight is 182 g/mol. The molecule has 4 nitrogen and oxygen atoms in total. The predicted octanol–water partition coefficient (Wildman–Crippen LogP) is 0.314. The molecule has 1 atom stereocenters. The molecule has 0 rings (SSSR count). The topological polar surface area (TPSA) is 74.6 Å². The van der Waals surface area contributed by atoms with Crippen molar-refractivity contribution in [2.75, 3.05) is 12.1 Å². The van der Waals surface area contributed by atoms with Gasteiger partial charge in [0.25, 0.3) is 0 Å². The van der Waals surface area contributed by atoms with Crippen molar-refractivity contribution in [3.8, 4) is 12.3 Å². The van der Waals surface area contributed by atoms with Crippen molar-refractivity contribution in [2.45, 2.75) is 0 Å². The van der Waals surface area contributed by atoms with Gasteiger partial charge in [-0.2, -0.15) is 0 Å². The summed E-state index contributed by atoms with van der Waals surface area (Å²) in [6.45, 7) is 0. The molecule has 2 N–H and O–H groups in total. The minimum atomic E-state index is -4.11. The maximum atomic E-state index is 10.6. The van der Waals surface area contributed by atoms with Gasteiger partial charge in [0.15, 0.2) is 0 Å². The van der Waals surface area contributed by atoms with Crippen LogP contribution in [-0.4, -0.2) is 21.9 Å². The van der Waals surface area contributed by atoms with E-state index in [0.29, 0.717) is 0 Å². The van der Waals surface area contributed by atoms with Crippen LogP contribution in [0.5, 0.6) is 0 Å². The zero-order valence-corrected chi connectivity index (χ0v) is 7.04. The van der Waals surface area contributed by atoms with Crippen molar-refractivity contribution in [2.24, 2.45) is 0 Å². The summed E-state index contributed by atoms with van der Waals surface area (Å²) in [6, 6.07) is 0. The van der Waals surface area contributed by atoms with Gasteiger partial charge in [0, 0.05) is 0 Å². The Bertz CT molecular complexity index is 210. The third-order valence-electron chi connectivity index (χ3n) is 0.682. The lowest BCUT2D eigenvalue weighted by atomic mass is 10.8. The second kappa shape index (κ2) is 3.95.